The molecule has 20 heavy (non-hydrogen) atoms. The molecule has 3 aromatic heterocycles. The van der Waals surface area contributed by atoms with Crippen LogP contribution in [0.5, 0.6) is 0 Å². The Morgan fingerprint density at radius 2 is 2.10 bits per heavy atom. The van der Waals surface area contributed by atoms with E-state index in [2.05, 4.69) is 16.4 Å². The molecule has 0 spiro atoms. The molecule has 4 aromatic rings. The van der Waals surface area contributed by atoms with Crippen molar-refractivity contribution in [2.24, 2.45) is 0 Å². The molecule has 0 saturated heterocycles. The van der Waals surface area contributed by atoms with Crippen molar-refractivity contribution >= 4 is 49.1 Å². The summed E-state index contributed by atoms with van der Waals surface area (Å²) >= 11 is 3.30. The third-order valence-corrected chi connectivity index (χ3v) is 5.07. The molecule has 4 nitrogen and oxygen atoms in total. The van der Waals surface area contributed by atoms with Crippen LogP contribution >= 0.6 is 22.7 Å². The Kier molecular flexibility index (Phi) is 2.42. The van der Waals surface area contributed by atoms with E-state index in [0.29, 0.717) is 17.0 Å². The number of hydrogen-bond donors (Lipinski definition) is 1. The van der Waals surface area contributed by atoms with E-state index < -0.39 is 5.97 Å². The van der Waals surface area contributed by atoms with Gasteiger partial charge in [0.1, 0.15) is 5.52 Å². The Labute approximate surface area is 120 Å². The molecule has 6 heteroatoms. The van der Waals surface area contributed by atoms with Crippen molar-refractivity contribution in [2.45, 2.75) is 0 Å². The Morgan fingerprint density at radius 3 is 2.90 bits per heavy atom. The lowest BCUT2D eigenvalue weighted by atomic mass is 10.2. The van der Waals surface area contributed by atoms with Crippen LogP contribution in [-0.4, -0.2) is 16.1 Å². The average molecular weight is 301 g/mol. The van der Waals surface area contributed by atoms with E-state index >= 15 is 0 Å². The van der Waals surface area contributed by atoms with Crippen molar-refractivity contribution in [1.29, 1.82) is 0 Å². The number of thiophene rings is 2. The maximum Gasteiger partial charge on any atom is 0.335 e. The van der Waals surface area contributed by atoms with Gasteiger partial charge in [0.15, 0.2) is 5.58 Å². The molecule has 98 valence electrons. The summed E-state index contributed by atoms with van der Waals surface area (Å²) < 4.78 is 8.11. The number of rotatable bonds is 2. The molecule has 1 aromatic carbocycles. The first-order chi connectivity index (χ1) is 9.70. The second-order valence-electron chi connectivity index (χ2n) is 4.27. The molecule has 0 aliphatic rings. The summed E-state index contributed by atoms with van der Waals surface area (Å²) in [6.45, 7) is 0. The van der Waals surface area contributed by atoms with Crippen LogP contribution in [0.15, 0.2) is 40.1 Å². The number of nitrogens with zero attached hydrogens (tertiary/aromatic N) is 1. The van der Waals surface area contributed by atoms with Gasteiger partial charge in [-0.15, -0.1) is 22.7 Å². The first-order valence-electron chi connectivity index (χ1n) is 5.82. The summed E-state index contributed by atoms with van der Waals surface area (Å²) in [5.74, 6) is -0.427. The lowest BCUT2D eigenvalue weighted by Crippen LogP contribution is -1.94. The first-order valence-corrected chi connectivity index (χ1v) is 7.51. The minimum atomic E-state index is -0.965. The van der Waals surface area contributed by atoms with Gasteiger partial charge in [-0.2, -0.15) is 0 Å². The van der Waals surface area contributed by atoms with E-state index in [1.165, 1.54) is 21.5 Å². The number of aromatic nitrogens is 1. The summed E-state index contributed by atoms with van der Waals surface area (Å²) in [6, 6.07) is 8.81. The molecular formula is C14H7NO3S2. The van der Waals surface area contributed by atoms with Crippen molar-refractivity contribution in [1.82, 2.24) is 4.98 Å². The van der Waals surface area contributed by atoms with Gasteiger partial charge in [0, 0.05) is 9.40 Å². The van der Waals surface area contributed by atoms with Gasteiger partial charge in [0.25, 0.3) is 0 Å². The summed E-state index contributed by atoms with van der Waals surface area (Å²) in [5, 5.41) is 11.0. The Bertz CT molecular complexity index is 919. The van der Waals surface area contributed by atoms with Gasteiger partial charge >= 0.3 is 5.97 Å². The normalized spacial score (nSPS) is 11.4. The fraction of sp³-hybridized carbons (Fsp3) is 0. The average Bonchev–Trinajstić information content (AvgIpc) is 3.10. The second-order valence-corrected chi connectivity index (χ2v) is 6.30. The number of oxazole rings is 1. The molecule has 0 saturated carbocycles. The highest BCUT2D eigenvalue weighted by Gasteiger charge is 2.13. The summed E-state index contributed by atoms with van der Waals surface area (Å²) in [4.78, 5) is 16.3. The number of hydrogen-bond acceptors (Lipinski definition) is 5. The van der Waals surface area contributed by atoms with Crippen LogP contribution in [0.3, 0.4) is 0 Å². The predicted molar refractivity (Wildman–Crippen MR) is 79.7 cm³/mol. The van der Waals surface area contributed by atoms with E-state index in [0.717, 1.165) is 4.88 Å². The van der Waals surface area contributed by atoms with Gasteiger partial charge in [-0.1, -0.05) is 0 Å². The van der Waals surface area contributed by atoms with Crippen LogP contribution in [0.2, 0.25) is 0 Å². The third-order valence-electron chi connectivity index (χ3n) is 2.98. The maximum atomic E-state index is 10.9. The summed E-state index contributed by atoms with van der Waals surface area (Å²) in [6.07, 6.45) is 0. The fourth-order valence-electron chi connectivity index (χ4n) is 2.04. The number of benzene rings is 1. The van der Waals surface area contributed by atoms with Gasteiger partial charge in [-0.05, 0) is 35.7 Å². The van der Waals surface area contributed by atoms with Crippen LogP contribution in [0.1, 0.15) is 10.4 Å². The highest BCUT2D eigenvalue weighted by molar-refractivity contribution is 7.28. The van der Waals surface area contributed by atoms with Gasteiger partial charge in [-0.3, -0.25) is 0 Å². The van der Waals surface area contributed by atoms with E-state index in [9.17, 15) is 4.79 Å². The van der Waals surface area contributed by atoms with Crippen LogP contribution in [-0.2, 0) is 0 Å². The molecule has 0 amide bonds. The van der Waals surface area contributed by atoms with Crippen LogP contribution < -0.4 is 0 Å². The minimum Gasteiger partial charge on any atom is -0.478 e. The highest BCUT2D eigenvalue weighted by atomic mass is 32.1. The zero-order chi connectivity index (χ0) is 13.7. The van der Waals surface area contributed by atoms with E-state index in [1.54, 1.807) is 28.7 Å². The first kappa shape index (κ1) is 11.6. The maximum absolute atomic E-state index is 10.9. The standard InChI is InChI=1S/C14H7NO3S2/c16-14(17)7-1-2-9-8(5-7)15-13(18-9)12-6-11-10(20-12)3-4-19-11/h1-6H,(H,16,17). The second kappa shape index (κ2) is 4.16. The molecule has 0 aliphatic carbocycles. The van der Waals surface area contributed by atoms with Crippen molar-refractivity contribution in [3.63, 3.8) is 0 Å². The molecule has 0 aliphatic heterocycles. The van der Waals surface area contributed by atoms with E-state index in [1.807, 2.05) is 6.07 Å². The smallest absolute Gasteiger partial charge is 0.335 e. The molecule has 0 radical (unpaired) electrons. The zero-order valence-electron chi connectivity index (χ0n) is 9.99. The molecule has 1 N–H and O–H groups in total. The van der Waals surface area contributed by atoms with E-state index in [4.69, 9.17) is 9.52 Å². The lowest BCUT2D eigenvalue weighted by Gasteiger charge is -1.91. The van der Waals surface area contributed by atoms with Gasteiger partial charge in [0.2, 0.25) is 5.89 Å². The number of carbonyl (C=O) groups is 1. The SMILES string of the molecule is O=C(O)c1ccc2oc(-c3cc4sccc4s3)nc2c1. The van der Waals surface area contributed by atoms with Crippen molar-refractivity contribution in [2.75, 3.05) is 0 Å². The van der Waals surface area contributed by atoms with Crippen LogP contribution in [0.25, 0.3) is 31.3 Å². The monoisotopic (exact) mass is 301 g/mol. The molecule has 0 fully saturated rings. The Balaban J connectivity index is 1.87. The van der Waals surface area contributed by atoms with Crippen LogP contribution in [0.4, 0.5) is 0 Å². The number of carboxylic acid groups (broad SMARTS) is 1. The summed E-state index contributed by atoms with van der Waals surface area (Å²) in [5.41, 5.74) is 1.38. The van der Waals surface area contributed by atoms with Gasteiger partial charge in [-0.25, -0.2) is 9.78 Å². The highest BCUT2D eigenvalue weighted by Crippen LogP contribution is 2.37. The molecule has 0 unspecified atom stereocenters. The fourth-order valence-corrected chi connectivity index (χ4v) is 4.07. The van der Waals surface area contributed by atoms with Crippen molar-refractivity contribution in [3.05, 3.63) is 41.3 Å². The quantitative estimate of drug-likeness (QED) is 0.593. The van der Waals surface area contributed by atoms with E-state index in [-0.39, 0.29) is 5.56 Å². The summed E-state index contributed by atoms with van der Waals surface area (Å²) in [7, 11) is 0. The molecule has 0 atom stereocenters. The number of carboxylic acids is 1. The van der Waals surface area contributed by atoms with Gasteiger partial charge in [0.05, 0.1) is 10.4 Å². The third kappa shape index (κ3) is 1.73. The van der Waals surface area contributed by atoms with Gasteiger partial charge < -0.3 is 9.52 Å². The molecular weight excluding hydrogens is 294 g/mol. The number of fused-ring (bicyclic) bond motifs is 2. The lowest BCUT2D eigenvalue weighted by molar-refractivity contribution is 0.0697. The number of aromatic carboxylic acids is 1. The van der Waals surface area contributed by atoms with Crippen molar-refractivity contribution < 1.29 is 14.3 Å². The predicted octanol–water partition coefficient (Wildman–Crippen LogP) is 4.47. The molecule has 4 rings (SSSR count). The molecule has 3 heterocycles. The van der Waals surface area contributed by atoms with Crippen molar-refractivity contribution in [3.8, 4) is 10.8 Å². The topological polar surface area (TPSA) is 63.3 Å². The largest absolute Gasteiger partial charge is 0.478 e. The Hall–Kier alpha value is -2.18. The molecule has 0 bridgehead atoms. The minimum absolute atomic E-state index is 0.213. The zero-order valence-corrected chi connectivity index (χ0v) is 11.6. The Morgan fingerprint density at radius 1 is 1.20 bits per heavy atom. The van der Waals surface area contributed by atoms with Crippen LogP contribution in [0, 0.1) is 0 Å².